The number of urea groups is 1. The van der Waals surface area contributed by atoms with Gasteiger partial charge in [-0.05, 0) is 43.0 Å². The molecule has 3 aliphatic heterocycles. The number of piperazine rings is 1. The molecule has 0 saturated carbocycles. The molecule has 6 amide bonds. The molecule has 4 aromatic rings. The van der Waals surface area contributed by atoms with Crippen LogP contribution in [0.5, 0.6) is 5.75 Å². The number of rotatable bonds is 15. The number of nitrogens with one attached hydrogen (secondary N) is 3. The quantitative estimate of drug-likeness (QED) is 0.0970. The Morgan fingerprint density at radius 1 is 1.02 bits per heavy atom. The minimum absolute atomic E-state index is 0.00564. The summed E-state index contributed by atoms with van der Waals surface area (Å²) in [5.74, 6) is -1.77. The normalized spacial score (nSPS) is 16.7. The number of hydrogen-bond acceptors (Lipinski definition) is 10. The standard InChI is InChI=1S/C41H45ClF2N8O6S/c1-2-33(54)50-14-16-51(17-15-50)38-24-19-27(42)34(36(44)37(24)47-23-48-38)35-28(43)9-8-10-30(35)58-18-7-5-3-4-6-13-45-41(57)46-20-31-25-21-52(40(56)26(25)22-59-31)29-11-12-32(53)49-39(29)55/h8-10,19,22-23,29H,2-7,11-18,20-21H2,1H3,(H2,45,46,57)(H,49,53,55). The Balaban J connectivity index is 0.845. The van der Waals surface area contributed by atoms with Gasteiger partial charge in [0.15, 0.2) is 5.82 Å². The van der Waals surface area contributed by atoms with E-state index in [0.717, 1.165) is 36.1 Å². The number of piperidine rings is 1. The number of hydrogen-bond donors (Lipinski definition) is 3. The van der Waals surface area contributed by atoms with Gasteiger partial charge in [0.1, 0.15) is 35.3 Å². The lowest BCUT2D eigenvalue weighted by molar-refractivity contribution is -0.137. The summed E-state index contributed by atoms with van der Waals surface area (Å²) in [6, 6.07) is 4.86. The van der Waals surface area contributed by atoms with E-state index in [1.54, 1.807) is 22.4 Å². The van der Waals surface area contributed by atoms with Crippen LogP contribution in [0, 0.1) is 11.6 Å². The van der Waals surface area contributed by atoms with Gasteiger partial charge in [0.05, 0.1) is 29.3 Å². The van der Waals surface area contributed by atoms with Crippen molar-refractivity contribution >= 4 is 69.3 Å². The highest BCUT2D eigenvalue weighted by atomic mass is 35.5. The van der Waals surface area contributed by atoms with Crippen LogP contribution in [0.15, 0.2) is 36.0 Å². The summed E-state index contributed by atoms with van der Waals surface area (Å²) in [7, 11) is 0. The molecular weight excluding hydrogens is 806 g/mol. The van der Waals surface area contributed by atoms with Crippen LogP contribution in [0.4, 0.5) is 19.4 Å². The molecule has 2 aromatic heterocycles. The Kier molecular flexibility index (Phi) is 13.2. The largest absolute Gasteiger partial charge is 0.493 e. The number of ether oxygens (including phenoxy) is 1. The maximum absolute atomic E-state index is 16.3. The lowest BCUT2D eigenvalue weighted by atomic mass is 10.0. The average molecular weight is 851 g/mol. The zero-order valence-corrected chi connectivity index (χ0v) is 34.2. The molecule has 59 heavy (non-hydrogen) atoms. The molecule has 1 atom stereocenters. The molecule has 2 fully saturated rings. The Bertz CT molecular complexity index is 2270. The Hall–Kier alpha value is -5.42. The van der Waals surface area contributed by atoms with Gasteiger partial charge in [-0.3, -0.25) is 24.5 Å². The third-order valence-corrected chi connectivity index (χ3v) is 12.2. The molecular formula is C41H45ClF2N8O6S. The van der Waals surface area contributed by atoms with Crippen molar-refractivity contribution in [2.24, 2.45) is 0 Å². The van der Waals surface area contributed by atoms with Gasteiger partial charge in [-0.25, -0.2) is 23.5 Å². The van der Waals surface area contributed by atoms with Crippen LogP contribution in [-0.2, 0) is 27.5 Å². The number of imide groups is 1. The van der Waals surface area contributed by atoms with E-state index < -0.39 is 23.6 Å². The maximum Gasteiger partial charge on any atom is 0.315 e. The fourth-order valence-electron chi connectivity index (χ4n) is 7.77. The Labute approximate surface area is 348 Å². The van der Waals surface area contributed by atoms with Crippen LogP contribution >= 0.6 is 22.9 Å². The first kappa shape index (κ1) is 41.7. The van der Waals surface area contributed by atoms with Crippen molar-refractivity contribution in [3.63, 3.8) is 0 Å². The lowest BCUT2D eigenvalue weighted by Crippen LogP contribution is -2.52. The number of carbonyl (C=O) groups excluding carboxylic acids is 5. The van der Waals surface area contributed by atoms with Gasteiger partial charge in [0.25, 0.3) is 5.91 Å². The number of benzene rings is 2. The lowest BCUT2D eigenvalue weighted by Gasteiger charge is -2.35. The minimum atomic E-state index is -0.780. The number of aromatic nitrogens is 2. The molecule has 0 bridgehead atoms. The summed E-state index contributed by atoms with van der Waals surface area (Å²) in [6.07, 6.45) is 6.15. The molecule has 0 radical (unpaired) electrons. The second kappa shape index (κ2) is 18.7. The molecule has 0 aliphatic carbocycles. The zero-order chi connectivity index (χ0) is 41.6. The van der Waals surface area contributed by atoms with E-state index in [4.69, 9.17) is 16.3 Å². The molecule has 1 unspecified atom stereocenters. The van der Waals surface area contributed by atoms with Crippen LogP contribution in [-0.4, -0.2) is 94.8 Å². The molecule has 0 spiro atoms. The van der Waals surface area contributed by atoms with Crippen LogP contribution in [0.1, 0.15) is 79.1 Å². The van der Waals surface area contributed by atoms with E-state index in [1.807, 2.05) is 11.8 Å². The van der Waals surface area contributed by atoms with E-state index in [-0.39, 0.29) is 83.7 Å². The van der Waals surface area contributed by atoms with Gasteiger partial charge in [0, 0.05) is 73.3 Å². The molecule has 2 aromatic carbocycles. The highest BCUT2D eigenvalue weighted by molar-refractivity contribution is 7.10. The summed E-state index contributed by atoms with van der Waals surface area (Å²) in [4.78, 5) is 76.2. The molecule has 18 heteroatoms. The van der Waals surface area contributed by atoms with Crippen molar-refractivity contribution in [2.45, 2.75) is 77.4 Å². The summed E-state index contributed by atoms with van der Waals surface area (Å²) >= 11 is 8.08. The predicted octanol–water partition coefficient (Wildman–Crippen LogP) is 5.94. The number of anilines is 1. The number of halogens is 3. The Morgan fingerprint density at radius 2 is 1.80 bits per heavy atom. The van der Waals surface area contributed by atoms with Gasteiger partial charge in [-0.15, -0.1) is 11.3 Å². The number of unbranched alkanes of at least 4 members (excludes halogenated alkanes) is 4. The van der Waals surface area contributed by atoms with Gasteiger partial charge >= 0.3 is 6.03 Å². The number of nitrogens with zero attached hydrogens (tertiary/aromatic N) is 5. The van der Waals surface area contributed by atoms with Crippen molar-refractivity contribution in [1.82, 2.24) is 35.7 Å². The fourth-order valence-corrected chi connectivity index (χ4v) is 9.03. The van der Waals surface area contributed by atoms with Crippen molar-refractivity contribution < 1.29 is 37.5 Å². The highest BCUT2D eigenvalue weighted by Crippen LogP contribution is 2.43. The molecule has 3 aliphatic rings. The second-order valence-electron chi connectivity index (χ2n) is 14.7. The Morgan fingerprint density at radius 3 is 2.58 bits per heavy atom. The van der Waals surface area contributed by atoms with Gasteiger partial charge in [-0.2, -0.15) is 0 Å². The number of amides is 6. The first-order valence-corrected chi connectivity index (χ1v) is 21.1. The van der Waals surface area contributed by atoms with Crippen LogP contribution in [0.3, 0.4) is 0 Å². The third kappa shape index (κ3) is 9.10. The highest BCUT2D eigenvalue weighted by Gasteiger charge is 2.40. The topological polar surface area (TPSA) is 166 Å². The zero-order valence-electron chi connectivity index (χ0n) is 32.6. The van der Waals surface area contributed by atoms with Crippen molar-refractivity contribution in [2.75, 3.05) is 44.2 Å². The number of thiophene rings is 1. The first-order valence-electron chi connectivity index (χ1n) is 19.9. The van der Waals surface area contributed by atoms with E-state index in [2.05, 4.69) is 25.9 Å². The van der Waals surface area contributed by atoms with Crippen LogP contribution < -0.4 is 25.6 Å². The minimum Gasteiger partial charge on any atom is -0.493 e. The van der Waals surface area contributed by atoms with E-state index in [9.17, 15) is 24.0 Å². The van der Waals surface area contributed by atoms with Gasteiger partial charge in [-0.1, -0.05) is 43.9 Å². The smallest absolute Gasteiger partial charge is 0.315 e. The fraction of sp³-hybridized carbons (Fsp3) is 0.439. The van der Waals surface area contributed by atoms with E-state index in [0.29, 0.717) is 62.3 Å². The summed E-state index contributed by atoms with van der Waals surface area (Å²) in [5.41, 5.74) is 1.11. The van der Waals surface area contributed by atoms with E-state index >= 15 is 8.78 Å². The molecule has 7 rings (SSSR count). The summed E-state index contributed by atoms with van der Waals surface area (Å²) in [5, 5.41) is 10.1. The monoisotopic (exact) mass is 850 g/mol. The van der Waals surface area contributed by atoms with Crippen LogP contribution in [0.2, 0.25) is 5.02 Å². The van der Waals surface area contributed by atoms with Crippen LogP contribution in [0.25, 0.3) is 22.0 Å². The first-order chi connectivity index (χ1) is 28.5. The third-order valence-electron chi connectivity index (χ3n) is 10.9. The predicted molar refractivity (Wildman–Crippen MR) is 218 cm³/mol. The number of fused-ring (bicyclic) bond motifs is 2. The second-order valence-corrected chi connectivity index (χ2v) is 16.0. The summed E-state index contributed by atoms with van der Waals surface area (Å²) < 4.78 is 37.7. The van der Waals surface area contributed by atoms with Crippen molar-refractivity contribution in [3.8, 4) is 16.9 Å². The average Bonchev–Trinajstić information content (AvgIpc) is 3.78. The van der Waals surface area contributed by atoms with E-state index in [1.165, 1.54) is 34.7 Å². The molecule has 312 valence electrons. The van der Waals surface area contributed by atoms with Crippen molar-refractivity contribution in [1.29, 1.82) is 0 Å². The van der Waals surface area contributed by atoms with Gasteiger partial charge < -0.3 is 30.1 Å². The molecule has 2 saturated heterocycles. The van der Waals surface area contributed by atoms with Gasteiger partial charge in [0.2, 0.25) is 17.7 Å². The summed E-state index contributed by atoms with van der Waals surface area (Å²) in [6.45, 7) is 5.13. The molecule has 5 heterocycles. The SMILES string of the molecule is CCC(=O)N1CCN(c2ncnc3c(F)c(-c4c(F)cccc4OCCCCCCCNC(=O)NCc4scc5c4CN(C4CCC(=O)NC4=O)C5=O)c(Cl)cc23)CC1. The van der Waals surface area contributed by atoms with Crippen molar-refractivity contribution in [3.05, 3.63) is 68.6 Å². The number of carbonyl (C=O) groups is 5. The molecule has 3 N–H and O–H groups in total. The maximum atomic E-state index is 16.3. The molecule has 14 nitrogen and oxygen atoms in total.